The van der Waals surface area contributed by atoms with E-state index in [1.54, 1.807) is 0 Å². The smallest absolute Gasteiger partial charge is 0.379 e. The molecule has 8 heteroatoms. The van der Waals surface area contributed by atoms with Gasteiger partial charge in [-0.1, -0.05) is 22.0 Å². The lowest BCUT2D eigenvalue weighted by Crippen LogP contribution is -2.42. The maximum Gasteiger partial charge on any atom is 0.379 e. The molecule has 0 fully saturated rings. The summed E-state index contributed by atoms with van der Waals surface area (Å²) >= 11 is 2.99. The Labute approximate surface area is 122 Å². The summed E-state index contributed by atoms with van der Waals surface area (Å²) in [6.07, 6.45) is 0. The second-order valence-electron chi connectivity index (χ2n) is 3.49. The van der Waals surface area contributed by atoms with Crippen LogP contribution in [0.25, 0.3) is 0 Å². The molecule has 0 saturated carbocycles. The number of benzene rings is 1. The second-order valence-corrected chi connectivity index (χ2v) is 4.40. The second kappa shape index (κ2) is 7.12. The molecule has 1 rings (SSSR count). The molecule has 1 atom stereocenters. The van der Waals surface area contributed by atoms with Gasteiger partial charge >= 0.3 is 11.9 Å². The van der Waals surface area contributed by atoms with Gasteiger partial charge in [-0.3, -0.25) is 0 Å². The number of nitrogens with two attached hydrogens (primary N) is 1. The van der Waals surface area contributed by atoms with Gasteiger partial charge in [0.15, 0.2) is 0 Å². The zero-order chi connectivity index (χ0) is 13.9. The van der Waals surface area contributed by atoms with E-state index in [4.69, 9.17) is 5.73 Å². The van der Waals surface area contributed by atoms with Crippen LogP contribution in [0.4, 0.5) is 13.2 Å². The minimum atomic E-state index is -3.98. The van der Waals surface area contributed by atoms with E-state index in [1.165, 1.54) is 13.0 Å². The Balaban J connectivity index is 0.00000324. The van der Waals surface area contributed by atoms with Crippen molar-refractivity contribution >= 4 is 34.3 Å². The van der Waals surface area contributed by atoms with Gasteiger partial charge in [0.25, 0.3) is 0 Å². The van der Waals surface area contributed by atoms with Crippen LogP contribution >= 0.6 is 28.3 Å². The lowest BCUT2D eigenvalue weighted by Gasteiger charge is -2.22. The van der Waals surface area contributed by atoms with E-state index >= 15 is 0 Å². The Morgan fingerprint density at radius 1 is 1.53 bits per heavy atom. The third kappa shape index (κ3) is 4.09. The van der Waals surface area contributed by atoms with Crippen LogP contribution < -0.4 is 5.73 Å². The van der Waals surface area contributed by atoms with Gasteiger partial charge in [-0.2, -0.15) is 8.78 Å². The van der Waals surface area contributed by atoms with Crippen LogP contribution in [0.1, 0.15) is 18.5 Å². The lowest BCUT2D eigenvalue weighted by molar-refractivity contribution is -0.174. The van der Waals surface area contributed by atoms with Gasteiger partial charge in [0.05, 0.1) is 6.61 Å². The highest BCUT2D eigenvalue weighted by Crippen LogP contribution is 2.32. The fourth-order valence-corrected chi connectivity index (χ4v) is 1.64. The molecule has 1 aromatic carbocycles. The number of hydrogen-bond donors (Lipinski definition) is 1. The third-order valence-electron chi connectivity index (χ3n) is 2.24. The first-order chi connectivity index (χ1) is 8.30. The molecule has 0 amide bonds. The molecule has 0 unspecified atom stereocenters. The van der Waals surface area contributed by atoms with E-state index < -0.39 is 29.3 Å². The van der Waals surface area contributed by atoms with Crippen LogP contribution in [0.2, 0.25) is 0 Å². The van der Waals surface area contributed by atoms with E-state index in [9.17, 15) is 18.0 Å². The first kappa shape index (κ1) is 18.2. The van der Waals surface area contributed by atoms with Crippen LogP contribution in [0.15, 0.2) is 22.7 Å². The van der Waals surface area contributed by atoms with E-state index in [2.05, 4.69) is 20.7 Å². The average Bonchev–Trinajstić information content (AvgIpc) is 2.28. The van der Waals surface area contributed by atoms with Gasteiger partial charge in [0.2, 0.25) is 0 Å². The Morgan fingerprint density at radius 3 is 2.58 bits per heavy atom. The van der Waals surface area contributed by atoms with Crippen molar-refractivity contribution in [3.8, 4) is 0 Å². The average molecular weight is 363 g/mol. The van der Waals surface area contributed by atoms with Crippen LogP contribution in [0.3, 0.4) is 0 Å². The fraction of sp³-hybridized carbons (Fsp3) is 0.364. The molecule has 0 aliphatic rings. The summed E-state index contributed by atoms with van der Waals surface area (Å²) in [5, 5.41) is 0. The number of carbonyl (C=O) groups excluding carboxylic acids is 1. The molecule has 0 spiro atoms. The molecular weight excluding hydrogens is 350 g/mol. The molecule has 19 heavy (non-hydrogen) atoms. The molecule has 0 radical (unpaired) electrons. The predicted molar refractivity (Wildman–Crippen MR) is 69.9 cm³/mol. The molecule has 0 aliphatic carbocycles. The third-order valence-corrected chi connectivity index (χ3v) is 2.73. The summed E-state index contributed by atoms with van der Waals surface area (Å²) in [6, 6.07) is 1.36. The minimum absolute atomic E-state index is 0. The number of esters is 1. The van der Waals surface area contributed by atoms with Crippen molar-refractivity contribution in [2.75, 3.05) is 6.61 Å². The van der Waals surface area contributed by atoms with Crippen LogP contribution in [0, 0.1) is 5.82 Å². The molecule has 1 aromatic rings. The monoisotopic (exact) mass is 361 g/mol. The number of carbonyl (C=O) groups is 1. The fourth-order valence-electron chi connectivity index (χ4n) is 1.30. The van der Waals surface area contributed by atoms with Crippen LogP contribution in [-0.4, -0.2) is 18.5 Å². The standard InChI is InChI=1S/C11H11BrF3NO2.ClH/c1-2-18-10(17)11(14,15)9(16)7-4-3-6(12)5-8(7)13;/h3-5,9H,2,16H2,1H3;1H/t9-;/m1./s1. The molecule has 0 aromatic heterocycles. The Morgan fingerprint density at radius 2 is 2.11 bits per heavy atom. The summed E-state index contributed by atoms with van der Waals surface area (Å²) < 4.78 is 45.3. The zero-order valence-electron chi connectivity index (χ0n) is 9.83. The maximum atomic E-state index is 13.6. The summed E-state index contributed by atoms with van der Waals surface area (Å²) in [7, 11) is 0. The molecule has 108 valence electrons. The summed E-state index contributed by atoms with van der Waals surface area (Å²) in [6.45, 7) is 1.18. The van der Waals surface area contributed by atoms with Gasteiger partial charge in [0, 0.05) is 10.0 Å². The van der Waals surface area contributed by atoms with E-state index in [0.717, 1.165) is 12.1 Å². The highest BCUT2D eigenvalue weighted by molar-refractivity contribution is 9.10. The maximum absolute atomic E-state index is 13.6. The molecule has 3 nitrogen and oxygen atoms in total. The summed E-state index contributed by atoms with van der Waals surface area (Å²) in [5.74, 6) is -6.66. The SMILES string of the molecule is CCOC(=O)C(F)(F)[C@H](N)c1ccc(Br)cc1F.Cl. The van der Waals surface area contributed by atoms with Crippen molar-refractivity contribution in [1.82, 2.24) is 0 Å². The Bertz CT molecular complexity index is 460. The van der Waals surface area contributed by atoms with Crippen molar-refractivity contribution < 1.29 is 22.7 Å². The molecular formula is C11H12BrClF3NO2. The van der Waals surface area contributed by atoms with Gasteiger partial charge in [-0.15, -0.1) is 12.4 Å². The van der Waals surface area contributed by atoms with Crippen LogP contribution in [0.5, 0.6) is 0 Å². The largest absolute Gasteiger partial charge is 0.462 e. The Hall–Kier alpha value is -0.790. The molecule has 0 aliphatic heterocycles. The number of ether oxygens (including phenoxy) is 1. The van der Waals surface area contributed by atoms with Gasteiger partial charge in [-0.05, 0) is 19.1 Å². The quantitative estimate of drug-likeness (QED) is 0.837. The number of hydrogen-bond acceptors (Lipinski definition) is 3. The topological polar surface area (TPSA) is 52.3 Å². The van der Waals surface area contributed by atoms with E-state index in [-0.39, 0.29) is 19.0 Å². The summed E-state index contributed by atoms with van der Waals surface area (Å²) in [5.41, 5.74) is 4.80. The Kier molecular flexibility index (Phi) is 6.82. The number of halogens is 5. The van der Waals surface area contributed by atoms with Crippen molar-refractivity contribution in [3.05, 3.63) is 34.1 Å². The number of rotatable bonds is 4. The first-order valence-corrected chi connectivity index (χ1v) is 5.85. The minimum Gasteiger partial charge on any atom is -0.462 e. The molecule has 0 heterocycles. The van der Waals surface area contributed by atoms with Gasteiger partial charge in [0.1, 0.15) is 11.9 Å². The summed E-state index contributed by atoms with van der Waals surface area (Å²) in [4.78, 5) is 11.1. The first-order valence-electron chi connectivity index (χ1n) is 5.06. The highest BCUT2D eigenvalue weighted by atomic mass is 79.9. The predicted octanol–water partition coefficient (Wildman–Crippen LogP) is 3.21. The molecule has 0 bridgehead atoms. The van der Waals surface area contributed by atoms with E-state index in [0.29, 0.717) is 4.47 Å². The van der Waals surface area contributed by atoms with E-state index in [1.807, 2.05) is 0 Å². The van der Waals surface area contributed by atoms with Crippen molar-refractivity contribution in [1.29, 1.82) is 0 Å². The van der Waals surface area contributed by atoms with Crippen molar-refractivity contribution in [3.63, 3.8) is 0 Å². The zero-order valence-corrected chi connectivity index (χ0v) is 12.2. The highest BCUT2D eigenvalue weighted by Gasteiger charge is 2.48. The van der Waals surface area contributed by atoms with Gasteiger partial charge < -0.3 is 10.5 Å². The van der Waals surface area contributed by atoms with Gasteiger partial charge in [-0.25, -0.2) is 9.18 Å². The van der Waals surface area contributed by atoms with Crippen molar-refractivity contribution in [2.24, 2.45) is 5.73 Å². The van der Waals surface area contributed by atoms with Crippen LogP contribution in [-0.2, 0) is 9.53 Å². The number of alkyl halides is 2. The molecule has 2 N–H and O–H groups in total. The normalized spacial score (nSPS) is 12.5. The molecule has 0 saturated heterocycles. The lowest BCUT2D eigenvalue weighted by atomic mass is 10.0. The van der Waals surface area contributed by atoms with Crippen molar-refractivity contribution in [2.45, 2.75) is 18.9 Å².